The molecule has 0 heterocycles. The minimum atomic E-state index is 0.473. The molecule has 0 aliphatic heterocycles. The predicted molar refractivity (Wildman–Crippen MR) is 53.0 cm³/mol. The second-order valence-electron chi connectivity index (χ2n) is 1.79. The Hall–Kier alpha value is -0.450. The molecule has 0 N–H and O–H groups in total. The largest absolute Gasteiger partial charge is 0.0838 e. The lowest BCUT2D eigenvalue weighted by Crippen LogP contribution is -1.70. The number of benzene rings is 1. The van der Waals surface area contributed by atoms with Crippen molar-refractivity contribution in [2.24, 2.45) is 5.11 Å². The SMILES string of the molecule is [N-]=[N+]=Nc1cc(I)ccc1Cl. The zero-order valence-corrected chi connectivity index (χ0v) is 8.24. The Labute approximate surface area is 82.1 Å². The topological polar surface area (TPSA) is 48.8 Å². The van der Waals surface area contributed by atoms with Gasteiger partial charge in [-0.1, -0.05) is 16.7 Å². The van der Waals surface area contributed by atoms with E-state index >= 15 is 0 Å². The molecule has 0 unspecified atom stereocenters. The first-order valence-electron chi connectivity index (χ1n) is 2.74. The molecule has 3 nitrogen and oxygen atoms in total. The van der Waals surface area contributed by atoms with Crippen LogP contribution in [0.1, 0.15) is 0 Å². The molecule has 0 atom stereocenters. The van der Waals surface area contributed by atoms with Gasteiger partial charge in [-0.15, -0.1) is 0 Å². The fraction of sp³-hybridized carbons (Fsp3) is 0. The molecule has 0 fully saturated rings. The Morgan fingerprint density at radius 1 is 1.55 bits per heavy atom. The normalized spacial score (nSPS) is 8.91. The number of hydrogen-bond donors (Lipinski definition) is 0. The van der Waals surface area contributed by atoms with Crippen molar-refractivity contribution in [1.82, 2.24) is 0 Å². The summed E-state index contributed by atoms with van der Waals surface area (Å²) in [6.07, 6.45) is 0. The van der Waals surface area contributed by atoms with Crippen molar-refractivity contribution in [3.8, 4) is 0 Å². The molecule has 0 saturated heterocycles. The van der Waals surface area contributed by atoms with Crippen LogP contribution in [0.4, 0.5) is 5.69 Å². The molecule has 1 aromatic rings. The van der Waals surface area contributed by atoms with Gasteiger partial charge in [-0.2, -0.15) is 0 Å². The molecule has 0 radical (unpaired) electrons. The predicted octanol–water partition coefficient (Wildman–Crippen LogP) is 3.89. The maximum atomic E-state index is 8.13. The Bertz CT molecular complexity index is 320. The van der Waals surface area contributed by atoms with Crippen molar-refractivity contribution in [3.05, 3.63) is 37.2 Å². The Morgan fingerprint density at radius 2 is 2.27 bits per heavy atom. The van der Waals surface area contributed by atoms with Crippen LogP contribution in [0.15, 0.2) is 23.3 Å². The van der Waals surface area contributed by atoms with Gasteiger partial charge in [-0.25, -0.2) is 0 Å². The van der Waals surface area contributed by atoms with E-state index in [0.717, 1.165) is 3.57 Å². The summed E-state index contributed by atoms with van der Waals surface area (Å²) < 4.78 is 0.995. The second-order valence-corrected chi connectivity index (χ2v) is 3.44. The van der Waals surface area contributed by atoms with Gasteiger partial charge in [0, 0.05) is 8.48 Å². The Kier molecular flexibility index (Phi) is 2.99. The zero-order chi connectivity index (χ0) is 8.27. The summed E-state index contributed by atoms with van der Waals surface area (Å²) in [5, 5.41) is 3.89. The highest BCUT2D eigenvalue weighted by molar-refractivity contribution is 14.1. The number of hydrogen-bond acceptors (Lipinski definition) is 1. The van der Waals surface area contributed by atoms with E-state index in [-0.39, 0.29) is 0 Å². The first kappa shape index (κ1) is 8.64. The molecule has 0 bridgehead atoms. The number of azide groups is 1. The van der Waals surface area contributed by atoms with E-state index in [1.807, 2.05) is 6.07 Å². The third-order valence-corrected chi connectivity index (χ3v) is 2.05. The maximum Gasteiger partial charge on any atom is 0.0572 e. The molecule has 0 aliphatic carbocycles. The van der Waals surface area contributed by atoms with Crippen molar-refractivity contribution in [2.75, 3.05) is 0 Å². The first-order chi connectivity index (χ1) is 5.24. The van der Waals surface area contributed by atoms with Crippen molar-refractivity contribution < 1.29 is 0 Å². The molecule has 0 spiro atoms. The summed E-state index contributed by atoms with van der Waals surface area (Å²) in [6.45, 7) is 0. The molecule has 1 rings (SSSR count). The molecular formula is C6H3ClIN3. The van der Waals surface area contributed by atoms with Gasteiger partial charge in [0.25, 0.3) is 0 Å². The molecule has 11 heavy (non-hydrogen) atoms. The van der Waals surface area contributed by atoms with Gasteiger partial charge in [0.05, 0.1) is 10.7 Å². The van der Waals surface area contributed by atoms with E-state index in [1.165, 1.54) is 0 Å². The molecule has 1 aromatic carbocycles. The summed E-state index contributed by atoms with van der Waals surface area (Å²) in [6, 6.07) is 5.27. The van der Waals surface area contributed by atoms with Crippen LogP contribution in [0.5, 0.6) is 0 Å². The molecule has 0 amide bonds. The monoisotopic (exact) mass is 279 g/mol. The van der Waals surface area contributed by atoms with E-state index in [4.69, 9.17) is 17.1 Å². The van der Waals surface area contributed by atoms with Crippen molar-refractivity contribution in [1.29, 1.82) is 0 Å². The number of nitrogens with zero attached hydrogens (tertiary/aromatic N) is 3. The maximum absolute atomic E-state index is 8.13. The minimum absolute atomic E-state index is 0.473. The van der Waals surface area contributed by atoms with Gasteiger partial charge < -0.3 is 0 Å². The van der Waals surface area contributed by atoms with Crippen LogP contribution in [-0.4, -0.2) is 0 Å². The van der Waals surface area contributed by atoms with Crippen LogP contribution in [0.25, 0.3) is 10.4 Å². The van der Waals surface area contributed by atoms with Crippen LogP contribution >= 0.6 is 34.2 Å². The zero-order valence-electron chi connectivity index (χ0n) is 5.33. The van der Waals surface area contributed by atoms with E-state index in [9.17, 15) is 0 Å². The first-order valence-corrected chi connectivity index (χ1v) is 4.20. The van der Waals surface area contributed by atoms with Crippen LogP contribution in [0, 0.1) is 3.57 Å². The van der Waals surface area contributed by atoms with Crippen molar-refractivity contribution >= 4 is 39.9 Å². The lowest BCUT2D eigenvalue weighted by atomic mass is 10.3. The molecule has 0 aliphatic rings. The van der Waals surface area contributed by atoms with Gasteiger partial charge in [-0.05, 0) is 46.3 Å². The quantitative estimate of drug-likeness (QED) is 0.324. The van der Waals surface area contributed by atoms with Gasteiger partial charge >= 0.3 is 0 Å². The van der Waals surface area contributed by atoms with E-state index in [0.29, 0.717) is 10.7 Å². The third-order valence-electron chi connectivity index (χ3n) is 1.06. The van der Waals surface area contributed by atoms with Crippen LogP contribution < -0.4 is 0 Å². The molecule has 0 aromatic heterocycles. The van der Waals surface area contributed by atoms with Crippen molar-refractivity contribution in [2.45, 2.75) is 0 Å². The summed E-state index contributed by atoms with van der Waals surface area (Å²) in [5.74, 6) is 0. The van der Waals surface area contributed by atoms with Crippen molar-refractivity contribution in [3.63, 3.8) is 0 Å². The van der Waals surface area contributed by atoms with Gasteiger partial charge in [-0.3, -0.25) is 0 Å². The Morgan fingerprint density at radius 3 is 2.91 bits per heavy atom. The highest BCUT2D eigenvalue weighted by Gasteiger charge is 1.96. The molecule has 0 saturated carbocycles. The summed E-state index contributed by atoms with van der Waals surface area (Å²) >= 11 is 7.83. The summed E-state index contributed by atoms with van der Waals surface area (Å²) in [4.78, 5) is 2.65. The average molecular weight is 279 g/mol. The summed E-state index contributed by atoms with van der Waals surface area (Å²) in [7, 11) is 0. The van der Waals surface area contributed by atoms with E-state index in [2.05, 4.69) is 32.6 Å². The highest BCUT2D eigenvalue weighted by atomic mass is 127. The molecule has 5 heteroatoms. The Balaban J connectivity index is 3.22. The number of halogens is 2. The van der Waals surface area contributed by atoms with E-state index in [1.54, 1.807) is 12.1 Å². The smallest absolute Gasteiger partial charge is 0.0572 e. The summed E-state index contributed by atoms with van der Waals surface area (Å²) in [5.41, 5.74) is 8.61. The molecule has 56 valence electrons. The van der Waals surface area contributed by atoms with Crippen LogP contribution in [0.3, 0.4) is 0 Å². The molecular weight excluding hydrogens is 276 g/mol. The second kappa shape index (κ2) is 3.80. The lowest BCUT2D eigenvalue weighted by molar-refractivity contribution is 1.46. The fourth-order valence-corrected chi connectivity index (χ4v) is 1.24. The van der Waals surface area contributed by atoms with Gasteiger partial charge in [0.1, 0.15) is 0 Å². The average Bonchev–Trinajstić information content (AvgIpc) is 1.98. The van der Waals surface area contributed by atoms with Crippen LogP contribution in [0.2, 0.25) is 5.02 Å². The third kappa shape index (κ3) is 2.25. The van der Waals surface area contributed by atoms with Gasteiger partial charge in [0.15, 0.2) is 0 Å². The van der Waals surface area contributed by atoms with E-state index < -0.39 is 0 Å². The van der Waals surface area contributed by atoms with Crippen LogP contribution in [-0.2, 0) is 0 Å². The minimum Gasteiger partial charge on any atom is -0.0838 e. The fourth-order valence-electron chi connectivity index (χ4n) is 0.611. The highest BCUT2D eigenvalue weighted by Crippen LogP contribution is 2.26. The standard InChI is InChI=1S/C6H3ClIN3/c7-5-2-1-4(8)3-6(5)10-11-9/h1-3H. The van der Waals surface area contributed by atoms with Gasteiger partial charge in [0.2, 0.25) is 0 Å². The lowest BCUT2D eigenvalue weighted by Gasteiger charge is -1.95. The number of rotatable bonds is 1.